The molecule has 1 amide bonds. The quantitative estimate of drug-likeness (QED) is 0.703. The molecule has 2 saturated heterocycles. The first-order valence-corrected chi connectivity index (χ1v) is 7.26. The van der Waals surface area contributed by atoms with Gasteiger partial charge in [-0.2, -0.15) is 0 Å². The van der Waals surface area contributed by atoms with E-state index in [0.717, 1.165) is 0 Å². The molecule has 0 radical (unpaired) electrons. The molecule has 0 aromatic heterocycles. The zero-order valence-electron chi connectivity index (χ0n) is 10.8. The number of hydrogen-bond donors (Lipinski definition) is 2. The topological polar surface area (TPSA) is 96.3 Å². The van der Waals surface area contributed by atoms with Crippen LogP contribution < -0.4 is 0 Å². The summed E-state index contributed by atoms with van der Waals surface area (Å²) in [6.07, 6.45) is -0.922. The number of carbonyl (C=O) groups excluding carboxylic acids is 1. The Hall–Kier alpha value is -1.09. The summed E-state index contributed by atoms with van der Waals surface area (Å²) in [7, 11) is 0. The molecule has 3 atom stereocenters. The Labute approximate surface area is 119 Å². The Bertz CT molecular complexity index is 484. The van der Waals surface area contributed by atoms with Gasteiger partial charge in [-0.25, -0.2) is 4.79 Å². The van der Waals surface area contributed by atoms with Gasteiger partial charge in [-0.05, 0) is 6.92 Å². The lowest BCUT2D eigenvalue weighted by Gasteiger charge is -2.43. The first kappa shape index (κ1) is 13.9. The lowest BCUT2D eigenvalue weighted by molar-refractivity contribution is -0.156. The number of carbonyl (C=O) groups is 2. The first-order chi connectivity index (χ1) is 9.50. The van der Waals surface area contributed by atoms with E-state index in [0.29, 0.717) is 24.5 Å². The van der Waals surface area contributed by atoms with Crippen molar-refractivity contribution in [2.75, 3.05) is 13.2 Å². The largest absolute Gasteiger partial charge is 0.477 e. The molecule has 2 N–H and O–H groups in total. The van der Waals surface area contributed by atoms with E-state index >= 15 is 0 Å². The van der Waals surface area contributed by atoms with Gasteiger partial charge >= 0.3 is 5.97 Å². The fourth-order valence-corrected chi connectivity index (χ4v) is 4.30. The molecule has 7 nitrogen and oxygen atoms in total. The maximum atomic E-state index is 12.0. The van der Waals surface area contributed by atoms with Gasteiger partial charge in [0.2, 0.25) is 5.91 Å². The van der Waals surface area contributed by atoms with E-state index in [1.54, 1.807) is 6.92 Å². The van der Waals surface area contributed by atoms with Gasteiger partial charge in [0, 0.05) is 11.3 Å². The second kappa shape index (κ2) is 5.03. The fourth-order valence-electron chi connectivity index (χ4n) is 2.67. The summed E-state index contributed by atoms with van der Waals surface area (Å²) < 4.78 is 10.6. The summed E-state index contributed by atoms with van der Waals surface area (Å²) in [5.74, 6) is -2.01. The highest BCUT2D eigenvalue weighted by molar-refractivity contribution is 8.04. The van der Waals surface area contributed by atoms with E-state index in [-0.39, 0.29) is 17.0 Å². The van der Waals surface area contributed by atoms with Crippen molar-refractivity contribution < 1.29 is 29.3 Å². The van der Waals surface area contributed by atoms with Crippen molar-refractivity contribution in [3.63, 3.8) is 0 Å². The summed E-state index contributed by atoms with van der Waals surface area (Å²) in [4.78, 5) is 25.2. The van der Waals surface area contributed by atoms with Crippen LogP contribution in [-0.4, -0.2) is 58.0 Å². The normalized spacial score (nSPS) is 31.5. The molecule has 0 aliphatic carbocycles. The highest BCUT2D eigenvalue weighted by Crippen LogP contribution is 2.51. The number of amides is 1. The van der Waals surface area contributed by atoms with Gasteiger partial charge < -0.3 is 19.7 Å². The maximum absolute atomic E-state index is 12.0. The number of aliphatic hydroxyl groups is 1. The summed E-state index contributed by atoms with van der Waals surface area (Å²) >= 11 is 1.31. The number of aliphatic hydroxyl groups excluding tert-OH is 1. The van der Waals surface area contributed by atoms with Crippen molar-refractivity contribution >= 4 is 23.6 Å². The average molecular weight is 301 g/mol. The molecule has 2 fully saturated rings. The lowest BCUT2D eigenvalue weighted by Crippen LogP contribution is -2.60. The summed E-state index contributed by atoms with van der Waals surface area (Å²) in [6.45, 7) is 2.53. The Kier molecular flexibility index (Phi) is 3.49. The van der Waals surface area contributed by atoms with Crippen molar-refractivity contribution in [2.24, 2.45) is 5.92 Å². The van der Waals surface area contributed by atoms with Crippen LogP contribution in [0.3, 0.4) is 0 Å². The van der Waals surface area contributed by atoms with Crippen LogP contribution in [0.15, 0.2) is 10.6 Å². The van der Waals surface area contributed by atoms with Crippen LogP contribution in [0.4, 0.5) is 0 Å². The van der Waals surface area contributed by atoms with Gasteiger partial charge in [0.15, 0.2) is 6.29 Å². The minimum Gasteiger partial charge on any atom is -0.477 e. The number of ether oxygens (including phenoxy) is 2. The van der Waals surface area contributed by atoms with E-state index < -0.39 is 24.3 Å². The molecule has 3 heterocycles. The van der Waals surface area contributed by atoms with Gasteiger partial charge in [-0.3, -0.25) is 9.69 Å². The molecule has 3 rings (SSSR count). The molecule has 0 bridgehead atoms. The Balaban J connectivity index is 1.81. The Morgan fingerprint density at radius 3 is 2.70 bits per heavy atom. The van der Waals surface area contributed by atoms with Crippen LogP contribution in [-0.2, 0) is 19.1 Å². The molecule has 110 valence electrons. The number of rotatable bonds is 4. The monoisotopic (exact) mass is 301 g/mol. The number of fused-ring (bicyclic) bond motifs is 1. The molecule has 8 heteroatoms. The molecule has 0 spiro atoms. The SMILES string of the molecule is CC(O)[C@H]1C(=O)N2C(C(=O)O)=C(CC3OCCO3)S[C@H]12. The van der Waals surface area contributed by atoms with Crippen molar-refractivity contribution in [2.45, 2.75) is 31.1 Å². The van der Waals surface area contributed by atoms with Crippen LogP contribution in [0, 0.1) is 5.92 Å². The Morgan fingerprint density at radius 2 is 2.15 bits per heavy atom. The highest BCUT2D eigenvalue weighted by atomic mass is 32.2. The molecule has 3 aliphatic rings. The van der Waals surface area contributed by atoms with Gasteiger partial charge in [0.1, 0.15) is 11.1 Å². The lowest BCUT2D eigenvalue weighted by atomic mass is 9.92. The minimum atomic E-state index is -1.13. The molecular formula is C12H15NO6S. The number of nitrogens with zero attached hydrogens (tertiary/aromatic N) is 1. The van der Waals surface area contributed by atoms with Crippen LogP contribution in [0.25, 0.3) is 0 Å². The second-order valence-corrected chi connectivity index (χ2v) is 6.15. The zero-order chi connectivity index (χ0) is 14.4. The van der Waals surface area contributed by atoms with Crippen LogP contribution in [0.2, 0.25) is 0 Å². The van der Waals surface area contributed by atoms with Crippen LogP contribution in [0.1, 0.15) is 13.3 Å². The van der Waals surface area contributed by atoms with Gasteiger partial charge in [0.25, 0.3) is 0 Å². The van der Waals surface area contributed by atoms with Crippen molar-refractivity contribution in [3.8, 4) is 0 Å². The van der Waals surface area contributed by atoms with Gasteiger partial charge in [0.05, 0.1) is 25.2 Å². The van der Waals surface area contributed by atoms with Gasteiger partial charge in [-0.15, -0.1) is 11.8 Å². The summed E-state index contributed by atoms with van der Waals surface area (Å²) in [5, 5.41) is 18.6. The fraction of sp³-hybridized carbons (Fsp3) is 0.667. The van der Waals surface area contributed by atoms with Crippen molar-refractivity contribution in [1.29, 1.82) is 0 Å². The average Bonchev–Trinajstić information content (AvgIpc) is 2.95. The smallest absolute Gasteiger partial charge is 0.353 e. The number of carboxylic acids is 1. The van der Waals surface area contributed by atoms with Gasteiger partial charge in [-0.1, -0.05) is 0 Å². The van der Waals surface area contributed by atoms with Crippen molar-refractivity contribution in [3.05, 3.63) is 10.6 Å². The first-order valence-electron chi connectivity index (χ1n) is 6.38. The molecule has 1 unspecified atom stereocenters. The van der Waals surface area contributed by atoms with E-state index in [1.165, 1.54) is 16.7 Å². The minimum absolute atomic E-state index is 0.000926. The second-order valence-electron chi connectivity index (χ2n) is 4.94. The van der Waals surface area contributed by atoms with E-state index in [2.05, 4.69) is 0 Å². The number of carboxylic acid groups (broad SMARTS) is 1. The molecule has 0 aromatic carbocycles. The number of hydrogen-bond acceptors (Lipinski definition) is 6. The number of aliphatic carboxylic acids is 1. The van der Waals surface area contributed by atoms with E-state index in [1.807, 2.05) is 0 Å². The van der Waals surface area contributed by atoms with E-state index in [4.69, 9.17) is 9.47 Å². The van der Waals surface area contributed by atoms with Crippen LogP contribution >= 0.6 is 11.8 Å². The van der Waals surface area contributed by atoms with Crippen LogP contribution in [0.5, 0.6) is 0 Å². The maximum Gasteiger partial charge on any atom is 0.353 e. The standard InChI is InChI=1S/C12H15NO6S/c1-5(14)8-10(15)13-9(12(16)17)6(20-11(8)13)4-7-18-2-3-19-7/h5,7-8,11,14H,2-4H2,1H3,(H,16,17)/t5?,8-,11+/m0/s1. The molecule has 0 saturated carbocycles. The zero-order valence-corrected chi connectivity index (χ0v) is 11.6. The summed E-state index contributed by atoms with van der Waals surface area (Å²) in [6, 6.07) is 0. The third kappa shape index (κ3) is 2.03. The molecule has 3 aliphatic heterocycles. The molecular weight excluding hydrogens is 286 g/mol. The van der Waals surface area contributed by atoms with Crippen molar-refractivity contribution in [1.82, 2.24) is 4.90 Å². The molecule has 20 heavy (non-hydrogen) atoms. The predicted octanol–water partition coefficient (Wildman–Crippen LogP) is -0.0423. The number of β-lactam (4-membered cyclic amide) rings is 1. The Morgan fingerprint density at radius 1 is 1.50 bits per heavy atom. The number of thioether (sulfide) groups is 1. The van der Waals surface area contributed by atoms with E-state index in [9.17, 15) is 19.8 Å². The molecule has 0 aromatic rings. The predicted molar refractivity (Wildman–Crippen MR) is 68.4 cm³/mol. The third-order valence-electron chi connectivity index (χ3n) is 3.62. The highest BCUT2D eigenvalue weighted by Gasteiger charge is 2.57. The summed E-state index contributed by atoms with van der Waals surface area (Å²) in [5.41, 5.74) is 0.000926. The third-order valence-corrected chi connectivity index (χ3v) is 5.01.